The molecule has 1 aromatic heterocycles. The molecule has 0 radical (unpaired) electrons. The SMILES string of the molecule is Cn1c(N2CCCC(NC(=O)C3CC3)C2)cc(=O)n(C)c1=O. The Labute approximate surface area is 128 Å². The largest absolute Gasteiger partial charge is 0.356 e. The van der Waals surface area contributed by atoms with Gasteiger partial charge in [-0.1, -0.05) is 0 Å². The van der Waals surface area contributed by atoms with Crippen molar-refractivity contribution in [1.82, 2.24) is 14.5 Å². The van der Waals surface area contributed by atoms with Crippen molar-refractivity contribution in [2.24, 2.45) is 20.0 Å². The van der Waals surface area contributed by atoms with E-state index in [-0.39, 0.29) is 29.1 Å². The minimum atomic E-state index is -0.327. The number of piperidine rings is 1. The predicted octanol–water partition coefficient (Wildman–Crippen LogP) is -0.421. The van der Waals surface area contributed by atoms with E-state index < -0.39 is 0 Å². The maximum absolute atomic E-state index is 12.0. The van der Waals surface area contributed by atoms with E-state index in [1.165, 1.54) is 17.7 Å². The van der Waals surface area contributed by atoms with Crippen molar-refractivity contribution in [3.8, 4) is 0 Å². The quantitative estimate of drug-likeness (QED) is 0.823. The second-order valence-corrected chi connectivity index (χ2v) is 6.31. The minimum Gasteiger partial charge on any atom is -0.356 e. The maximum atomic E-state index is 12.0. The molecule has 1 saturated carbocycles. The van der Waals surface area contributed by atoms with Gasteiger partial charge in [0.15, 0.2) is 0 Å². The van der Waals surface area contributed by atoms with Crippen LogP contribution < -0.4 is 21.5 Å². The van der Waals surface area contributed by atoms with Crippen molar-refractivity contribution in [1.29, 1.82) is 0 Å². The van der Waals surface area contributed by atoms with E-state index in [0.717, 1.165) is 36.8 Å². The molecule has 1 saturated heterocycles. The molecule has 7 heteroatoms. The molecule has 1 N–H and O–H groups in total. The van der Waals surface area contributed by atoms with Crippen molar-refractivity contribution in [2.45, 2.75) is 31.7 Å². The molecule has 7 nitrogen and oxygen atoms in total. The van der Waals surface area contributed by atoms with Crippen LogP contribution >= 0.6 is 0 Å². The van der Waals surface area contributed by atoms with Crippen LogP contribution in [0.5, 0.6) is 0 Å². The molecule has 2 fully saturated rings. The zero-order valence-corrected chi connectivity index (χ0v) is 13.0. The molecule has 1 unspecified atom stereocenters. The molecule has 1 amide bonds. The summed E-state index contributed by atoms with van der Waals surface area (Å²) in [5, 5.41) is 3.09. The Balaban J connectivity index is 1.78. The predicted molar refractivity (Wildman–Crippen MR) is 83.0 cm³/mol. The fourth-order valence-corrected chi connectivity index (χ4v) is 2.99. The molecule has 120 valence electrons. The standard InChI is InChI=1S/C15H22N4O3/c1-17-12(8-13(20)18(2)15(17)22)19-7-3-4-11(9-19)16-14(21)10-5-6-10/h8,10-11H,3-7,9H2,1-2H3,(H,16,21). The molecule has 0 bridgehead atoms. The number of hydrogen-bond donors (Lipinski definition) is 1. The molecule has 2 heterocycles. The summed E-state index contributed by atoms with van der Waals surface area (Å²) >= 11 is 0. The average Bonchev–Trinajstić information content (AvgIpc) is 3.34. The Hall–Kier alpha value is -2.05. The fraction of sp³-hybridized carbons (Fsp3) is 0.667. The van der Waals surface area contributed by atoms with Crippen LogP contribution in [0.4, 0.5) is 5.82 Å². The molecular weight excluding hydrogens is 284 g/mol. The van der Waals surface area contributed by atoms with Crippen molar-refractivity contribution in [3.05, 3.63) is 26.9 Å². The third-order valence-electron chi connectivity index (χ3n) is 4.54. The van der Waals surface area contributed by atoms with Gasteiger partial charge in [-0.05, 0) is 25.7 Å². The van der Waals surface area contributed by atoms with Crippen LogP contribution in [0, 0.1) is 5.92 Å². The van der Waals surface area contributed by atoms with E-state index >= 15 is 0 Å². The second kappa shape index (κ2) is 5.62. The third-order valence-corrected chi connectivity index (χ3v) is 4.54. The number of aromatic nitrogens is 2. The van der Waals surface area contributed by atoms with Gasteiger partial charge < -0.3 is 10.2 Å². The first-order valence-electron chi connectivity index (χ1n) is 7.79. The van der Waals surface area contributed by atoms with Gasteiger partial charge in [0.25, 0.3) is 5.56 Å². The Kier molecular flexibility index (Phi) is 3.80. The Morgan fingerprint density at radius 2 is 1.91 bits per heavy atom. The lowest BCUT2D eigenvalue weighted by molar-refractivity contribution is -0.123. The number of nitrogens with one attached hydrogen (secondary N) is 1. The Morgan fingerprint density at radius 1 is 1.18 bits per heavy atom. The fourth-order valence-electron chi connectivity index (χ4n) is 2.99. The molecule has 2 aliphatic rings. The lowest BCUT2D eigenvalue weighted by Crippen LogP contribution is -2.50. The number of hydrogen-bond acceptors (Lipinski definition) is 4. The van der Waals surface area contributed by atoms with Crippen LogP contribution in [0.1, 0.15) is 25.7 Å². The van der Waals surface area contributed by atoms with Crippen LogP contribution in [-0.4, -0.2) is 34.2 Å². The van der Waals surface area contributed by atoms with Crippen molar-refractivity contribution < 1.29 is 4.79 Å². The van der Waals surface area contributed by atoms with E-state index in [9.17, 15) is 14.4 Å². The molecule has 1 aliphatic carbocycles. The summed E-state index contributed by atoms with van der Waals surface area (Å²) < 4.78 is 2.59. The zero-order valence-electron chi connectivity index (χ0n) is 13.0. The molecule has 1 aliphatic heterocycles. The van der Waals surface area contributed by atoms with E-state index in [4.69, 9.17) is 0 Å². The van der Waals surface area contributed by atoms with Gasteiger partial charge in [-0.15, -0.1) is 0 Å². The van der Waals surface area contributed by atoms with E-state index in [1.807, 2.05) is 4.90 Å². The summed E-state index contributed by atoms with van der Waals surface area (Å²) in [6.07, 6.45) is 3.85. The lowest BCUT2D eigenvalue weighted by Gasteiger charge is -2.35. The highest BCUT2D eigenvalue weighted by Crippen LogP contribution is 2.29. The number of amides is 1. The van der Waals surface area contributed by atoms with Gasteiger partial charge in [-0.25, -0.2) is 4.79 Å². The zero-order chi connectivity index (χ0) is 15.9. The van der Waals surface area contributed by atoms with Gasteiger partial charge in [0, 0.05) is 45.2 Å². The molecular formula is C15H22N4O3. The van der Waals surface area contributed by atoms with Crippen LogP contribution in [0.25, 0.3) is 0 Å². The Morgan fingerprint density at radius 3 is 2.59 bits per heavy atom. The van der Waals surface area contributed by atoms with Gasteiger partial charge in [0.2, 0.25) is 5.91 Å². The van der Waals surface area contributed by atoms with Gasteiger partial charge >= 0.3 is 5.69 Å². The first-order chi connectivity index (χ1) is 10.5. The van der Waals surface area contributed by atoms with Crippen molar-refractivity contribution >= 4 is 11.7 Å². The van der Waals surface area contributed by atoms with Crippen molar-refractivity contribution in [2.75, 3.05) is 18.0 Å². The van der Waals surface area contributed by atoms with Gasteiger partial charge in [-0.2, -0.15) is 0 Å². The van der Waals surface area contributed by atoms with Crippen molar-refractivity contribution in [3.63, 3.8) is 0 Å². The van der Waals surface area contributed by atoms with Crippen LogP contribution in [0.3, 0.4) is 0 Å². The van der Waals surface area contributed by atoms with Gasteiger partial charge in [-0.3, -0.25) is 18.7 Å². The number of rotatable bonds is 3. The molecule has 3 rings (SSSR count). The molecule has 1 atom stereocenters. The number of nitrogens with zero attached hydrogens (tertiary/aromatic N) is 3. The summed E-state index contributed by atoms with van der Waals surface area (Å²) in [5.41, 5.74) is -0.631. The van der Waals surface area contributed by atoms with E-state index in [2.05, 4.69) is 5.32 Å². The monoisotopic (exact) mass is 306 g/mol. The smallest absolute Gasteiger partial charge is 0.332 e. The molecule has 0 aromatic carbocycles. The normalized spacial score (nSPS) is 21.7. The number of anilines is 1. The molecule has 22 heavy (non-hydrogen) atoms. The lowest BCUT2D eigenvalue weighted by atomic mass is 10.1. The maximum Gasteiger partial charge on any atom is 0.332 e. The summed E-state index contributed by atoms with van der Waals surface area (Å²) in [6.45, 7) is 1.43. The molecule has 0 spiro atoms. The number of carbonyl (C=O) groups excluding carboxylic acids is 1. The van der Waals surface area contributed by atoms with Gasteiger partial charge in [0.1, 0.15) is 5.82 Å². The second-order valence-electron chi connectivity index (χ2n) is 6.31. The molecule has 1 aromatic rings. The summed E-state index contributed by atoms with van der Waals surface area (Å²) in [6, 6.07) is 1.58. The first kappa shape index (κ1) is 14.9. The summed E-state index contributed by atoms with van der Waals surface area (Å²) in [5.74, 6) is 0.965. The van der Waals surface area contributed by atoms with Crippen LogP contribution in [0.15, 0.2) is 15.7 Å². The average molecular weight is 306 g/mol. The minimum absolute atomic E-state index is 0.0843. The third kappa shape index (κ3) is 2.80. The van der Waals surface area contributed by atoms with E-state index in [1.54, 1.807) is 7.05 Å². The van der Waals surface area contributed by atoms with Gasteiger partial charge in [0.05, 0.1) is 0 Å². The summed E-state index contributed by atoms with van der Waals surface area (Å²) in [7, 11) is 3.15. The highest BCUT2D eigenvalue weighted by atomic mass is 16.2. The van der Waals surface area contributed by atoms with Crippen LogP contribution in [-0.2, 0) is 18.9 Å². The highest BCUT2D eigenvalue weighted by Gasteiger charge is 2.32. The highest BCUT2D eigenvalue weighted by molar-refractivity contribution is 5.81. The van der Waals surface area contributed by atoms with E-state index in [0.29, 0.717) is 12.4 Å². The first-order valence-corrected chi connectivity index (χ1v) is 7.79. The van der Waals surface area contributed by atoms with Crippen LogP contribution in [0.2, 0.25) is 0 Å². The number of carbonyl (C=O) groups is 1. The topological polar surface area (TPSA) is 76.3 Å². The summed E-state index contributed by atoms with van der Waals surface area (Å²) in [4.78, 5) is 37.8. The Bertz CT molecular complexity index is 702.